The highest BCUT2D eigenvalue weighted by atomic mass is 16.5. The molecule has 84 valence electrons. The zero-order valence-electron chi connectivity index (χ0n) is 9.15. The van der Waals surface area contributed by atoms with Gasteiger partial charge in [-0.15, -0.1) is 0 Å². The van der Waals surface area contributed by atoms with Crippen molar-refractivity contribution in [2.75, 3.05) is 20.2 Å². The summed E-state index contributed by atoms with van der Waals surface area (Å²) < 4.78 is 5.53. The van der Waals surface area contributed by atoms with Crippen molar-refractivity contribution in [2.24, 2.45) is 11.6 Å². The summed E-state index contributed by atoms with van der Waals surface area (Å²) >= 11 is 0. The highest BCUT2D eigenvalue weighted by molar-refractivity contribution is 5.28. The Morgan fingerprint density at radius 3 is 2.87 bits per heavy atom. The fourth-order valence-electron chi connectivity index (χ4n) is 1.29. The molecule has 0 amide bonds. The standard InChI is InChI=1S/C11H19N3O/c1-14(13)9-10-4-2-5-11(8-10)15-7-3-6-12/h2,4-5,8H,3,6-7,9,12-13H2,1H3. The van der Waals surface area contributed by atoms with Gasteiger partial charge in [0.15, 0.2) is 0 Å². The second kappa shape index (κ2) is 6.40. The number of benzene rings is 1. The highest BCUT2D eigenvalue weighted by Crippen LogP contribution is 2.14. The third-order valence-electron chi connectivity index (χ3n) is 1.95. The quantitative estimate of drug-likeness (QED) is 0.411. The first-order chi connectivity index (χ1) is 7.22. The van der Waals surface area contributed by atoms with Crippen molar-refractivity contribution in [1.29, 1.82) is 0 Å². The van der Waals surface area contributed by atoms with Crippen molar-refractivity contribution in [3.8, 4) is 5.75 Å². The second-order valence-electron chi connectivity index (χ2n) is 3.55. The number of rotatable bonds is 6. The molecule has 1 aromatic rings. The van der Waals surface area contributed by atoms with Crippen molar-refractivity contribution in [3.05, 3.63) is 29.8 Å². The van der Waals surface area contributed by atoms with Gasteiger partial charge in [0.2, 0.25) is 0 Å². The Morgan fingerprint density at radius 1 is 1.40 bits per heavy atom. The van der Waals surface area contributed by atoms with Crippen LogP contribution < -0.4 is 16.3 Å². The summed E-state index contributed by atoms with van der Waals surface area (Å²) in [6.07, 6.45) is 0.876. The van der Waals surface area contributed by atoms with Gasteiger partial charge in [0, 0.05) is 13.6 Å². The minimum atomic E-state index is 0.658. The normalized spacial score (nSPS) is 10.7. The minimum Gasteiger partial charge on any atom is -0.494 e. The van der Waals surface area contributed by atoms with Crippen LogP contribution in [-0.2, 0) is 6.54 Å². The molecule has 0 saturated carbocycles. The lowest BCUT2D eigenvalue weighted by atomic mass is 10.2. The summed E-state index contributed by atoms with van der Waals surface area (Å²) in [5.74, 6) is 6.45. The molecule has 0 radical (unpaired) electrons. The molecule has 15 heavy (non-hydrogen) atoms. The average molecular weight is 209 g/mol. The van der Waals surface area contributed by atoms with Gasteiger partial charge in [-0.2, -0.15) is 0 Å². The van der Waals surface area contributed by atoms with Crippen LogP contribution in [0.25, 0.3) is 0 Å². The van der Waals surface area contributed by atoms with Gasteiger partial charge in [0.1, 0.15) is 5.75 Å². The van der Waals surface area contributed by atoms with E-state index in [1.807, 2.05) is 31.3 Å². The molecule has 0 saturated heterocycles. The summed E-state index contributed by atoms with van der Waals surface area (Å²) in [4.78, 5) is 0. The summed E-state index contributed by atoms with van der Waals surface area (Å²) in [5.41, 5.74) is 6.53. The fraction of sp³-hybridized carbons (Fsp3) is 0.455. The van der Waals surface area contributed by atoms with Crippen LogP contribution in [0.15, 0.2) is 24.3 Å². The van der Waals surface area contributed by atoms with Crippen LogP contribution in [0.4, 0.5) is 0 Å². The summed E-state index contributed by atoms with van der Waals surface area (Å²) in [6.45, 7) is 2.04. The number of hydrogen-bond acceptors (Lipinski definition) is 4. The molecule has 0 fully saturated rings. The monoisotopic (exact) mass is 209 g/mol. The molecule has 4 heteroatoms. The molecular formula is C11H19N3O. The lowest BCUT2D eigenvalue weighted by Crippen LogP contribution is -2.24. The van der Waals surface area contributed by atoms with E-state index in [-0.39, 0.29) is 0 Å². The van der Waals surface area contributed by atoms with Gasteiger partial charge in [-0.25, -0.2) is 5.01 Å². The van der Waals surface area contributed by atoms with E-state index in [0.29, 0.717) is 19.7 Å². The van der Waals surface area contributed by atoms with Crippen molar-refractivity contribution in [2.45, 2.75) is 13.0 Å². The molecule has 0 unspecified atom stereocenters. The van der Waals surface area contributed by atoms with E-state index in [1.54, 1.807) is 5.01 Å². The van der Waals surface area contributed by atoms with Crippen LogP contribution >= 0.6 is 0 Å². The predicted molar refractivity (Wildman–Crippen MR) is 61.3 cm³/mol. The maximum absolute atomic E-state index is 5.57. The zero-order chi connectivity index (χ0) is 11.1. The van der Waals surface area contributed by atoms with E-state index in [4.69, 9.17) is 16.3 Å². The Bertz CT molecular complexity index is 289. The van der Waals surface area contributed by atoms with Gasteiger partial charge in [0.25, 0.3) is 0 Å². The topological polar surface area (TPSA) is 64.5 Å². The number of hydrazine groups is 1. The van der Waals surface area contributed by atoms with Gasteiger partial charge in [-0.1, -0.05) is 12.1 Å². The number of hydrogen-bond donors (Lipinski definition) is 2. The van der Waals surface area contributed by atoms with E-state index in [0.717, 1.165) is 17.7 Å². The van der Waals surface area contributed by atoms with Crippen LogP contribution in [0.3, 0.4) is 0 Å². The lowest BCUT2D eigenvalue weighted by Gasteiger charge is -2.11. The summed E-state index contributed by atoms with van der Waals surface area (Å²) in [7, 11) is 1.84. The molecule has 0 aliphatic rings. The third-order valence-corrected chi connectivity index (χ3v) is 1.95. The highest BCUT2D eigenvalue weighted by Gasteiger charge is 1.98. The Balaban J connectivity index is 2.50. The molecule has 0 aliphatic heterocycles. The van der Waals surface area contributed by atoms with E-state index in [9.17, 15) is 0 Å². The van der Waals surface area contributed by atoms with Crippen LogP contribution in [0, 0.1) is 0 Å². The predicted octanol–water partition coefficient (Wildman–Crippen LogP) is 0.720. The molecule has 0 spiro atoms. The Hall–Kier alpha value is -1.10. The van der Waals surface area contributed by atoms with Gasteiger partial charge < -0.3 is 10.5 Å². The Morgan fingerprint density at radius 2 is 2.20 bits per heavy atom. The lowest BCUT2D eigenvalue weighted by molar-refractivity contribution is 0.310. The molecule has 0 aliphatic carbocycles. The molecule has 0 atom stereocenters. The number of nitrogens with zero attached hydrogens (tertiary/aromatic N) is 1. The largest absolute Gasteiger partial charge is 0.494 e. The zero-order valence-corrected chi connectivity index (χ0v) is 9.15. The molecule has 1 rings (SSSR count). The van der Waals surface area contributed by atoms with Crippen LogP contribution in [-0.4, -0.2) is 25.2 Å². The molecule has 4 N–H and O–H groups in total. The van der Waals surface area contributed by atoms with Crippen molar-refractivity contribution in [3.63, 3.8) is 0 Å². The first-order valence-electron chi connectivity index (χ1n) is 5.10. The van der Waals surface area contributed by atoms with Crippen LogP contribution in [0.2, 0.25) is 0 Å². The first-order valence-corrected chi connectivity index (χ1v) is 5.10. The van der Waals surface area contributed by atoms with Gasteiger partial charge in [-0.3, -0.25) is 5.84 Å². The van der Waals surface area contributed by atoms with E-state index in [2.05, 4.69) is 0 Å². The first kappa shape index (κ1) is 12.0. The van der Waals surface area contributed by atoms with Crippen molar-refractivity contribution in [1.82, 2.24) is 5.01 Å². The number of nitrogens with two attached hydrogens (primary N) is 2. The molecule has 0 heterocycles. The second-order valence-corrected chi connectivity index (χ2v) is 3.55. The fourth-order valence-corrected chi connectivity index (χ4v) is 1.29. The molecule has 0 bridgehead atoms. The third kappa shape index (κ3) is 4.78. The molecule has 4 nitrogen and oxygen atoms in total. The smallest absolute Gasteiger partial charge is 0.119 e. The molecule has 0 aromatic heterocycles. The SMILES string of the molecule is CN(N)Cc1cccc(OCCCN)c1. The summed E-state index contributed by atoms with van der Waals surface area (Å²) in [6, 6.07) is 7.94. The van der Waals surface area contributed by atoms with Gasteiger partial charge in [-0.05, 0) is 30.7 Å². The average Bonchev–Trinajstić information content (AvgIpc) is 2.18. The van der Waals surface area contributed by atoms with Crippen LogP contribution in [0.1, 0.15) is 12.0 Å². The van der Waals surface area contributed by atoms with Crippen molar-refractivity contribution >= 4 is 0 Å². The molecule has 1 aromatic carbocycles. The van der Waals surface area contributed by atoms with Crippen LogP contribution in [0.5, 0.6) is 5.75 Å². The Kier molecular flexibility index (Phi) is 5.10. The molecular weight excluding hydrogens is 190 g/mol. The van der Waals surface area contributed by atoms with Crippen molar-refractivity contribution < 1.29 is 4.74 Å². The number of ether oxygens (including phenoxy) is 1. The maximum atomic E-state index is 5.57. The van der Waals surface area contributed by atoms with E-state index < -0.39 is 0 Å². The Labute approximate surface area is 90.8 Å². The summed E-state index contributed by atoms with van der Waals surface area (Å²) in [5, 5.41) is 1.64. The maximum Gasteiger partial charge on any atom is 0.119 e. The minimum absolute atomic E-state index is 0.658. The van der Waals surface area contributed by atoms with Gasteiger partial charge >= 0.3 is 0 Å². The van der Waals surface area contributed by atoms with E-state index in [1.165, 1.54) is 0 Å². The van der Waals surface area contributed by atoms with Gasteiger partial charge in [0.05, 0.1) is 6.61 Å². The van der Waals surface area contributed by atoms with E-state index >= 15 is 0 Å².